The minimum Gasteiger partial charge on any atom is -0.338 e. The molecule has 1 aromatic heterocycles. The molecule has 0 spiro atoms. The Morgan fingerprint density at radius 2 is 2.12 bits per heavy atom. The van der Waals surface area contributed by atoms with Gasteiger partial charge in [-0.1, -0.05) is 0 Å². The Morgan fingerprint density at radius 3 is 2.71 bits per heavy atom. The number of hydrogen-bond acceptors (Lipinski definition) is 2. The molecule has 2 aromatic rings. The number of carbonyl (C=O) groups is 1. The van der Waals surface area contributed by atoms with Gasteiger partial charge in [-0.3, -0.25) is 4.79 Å². The Labute approximate surface area is 96.7 Å². The van der Waals surface area contributed by atoms with Crippen LogP contribution in [-0.4, -0.2) is 15.3 Å². The summed E-state index contributed by atoms with van der Waals surface area (Å²) in [6, 6.07) is 3.12. The quantitative estimate of drug-likeness (QED) is 0.765. The maximum absolute atomic E-state index is 12.9. The molecule has 0 amide bonds. The molecule has 0 aliphatic heterocycles. The number of imidazole rings is 1. The molecule has 3 nitrogen and oxygen atoms in total. The standard InChI is InChI=1S/C12H10F2N2O/c1-16-5-4-15-12(16)7-11(17)8-2-3-9(13)10(14)6-8/h2-6H,7H2,1H3. The van der Waals surface area contributed by atoms with E-state index < -0.39 is 11.6 Å². The van der Waals surface area contributed by atoms with Crippen molar-refractivity contribution in [3.8, 4) is 0 Å². The van der Waals surface area contributed by atoms with Crippen molar-refractivity contribution >= 4 is 5.78 Å². The van der Waals surface area contributed by atoms with Crippen molar-refractivity contribution < 1.29 is 13.6 Å². The molecule has 0 saturated carbocycles. The van der Waals surface area contributed by atoms with Crippen LogP contribution in [-0.2, 0) is 13.5 Å². The van der Waals surface area contributed by atoms with Crippen LogP contribution in [0.2, 0.25) is 0 Å². The molecule has 0 bridgehead atoms. The zero-order valence-corrected chi connectivity index (χ0v) is 9.15. The average molecular weight is 236 g/mol. The van der Waals surface area contributed by atoms with Gasteiger partial charge in [-0.2, -0.15) is 0 Å². The number of halogens is 2. The first-order valence-corrected chi connectivity index (χ1v) is 5.02. The molecule has 2 rings (SSSR count). The first-order valence-electron chi connectivity index (χ1n) is 5.02. The van der Waals surface area contributed by atoms with E-state index in [-0.39, 0.29) is 17.8 Å². The van der Waals surface area contributed by atoms with E-state index in [0.29, 0.717) is 5.82 Å². The van der Waals surface area contributed by atoms with Gasteiger partial charge in [0.25, 0.3) is 0 Å². The lowest BCUT2D eigenvalue weighted by Gasteiger charge is -2.02. The summed E-state index contributed by atoms with van der Waals surface area (Å²) in [4.78, 5) is 15.8. The fourth-order valence-electron chi connectivity index (χ4n) is 1.48. The molecule has 0 aliphatic carbocycles. The molecule has 0 aliphatic rings. The van der Waals surface area contributed by atoms with Crippen molar-refractivity contribution in [3.63, 3.8) is 0 Å². The van der Waals surface area contributed by atoms with E-state index in [9.17, 15) is 13.6 Å². The second-order valence-corrected chi connectivity index (χ2v) is 3.68. The van der Waals surface area contributed by atoms with Crippen LogP contribution >= 0.6 is 0 Å². The smallest absolute Gasteiger partial charge is 0.170 e. The molecule has 88 valence electrons. The molecule has 17 heavy (non-hydrogen) atoms. The van der Waals surface area contributed by atoms with Crippen LogP contribution in [0.15, 0.2) is 30.6 Å². The fourth-order valence-corrected chi connectivity index (χ4v) is 1.48. The van der Waals surface area contributed by atoms with Crippen LogP contribution in [0.4, 0.5) is 8.78 Å². The van der Waals surface area contributed by atoms with E-state index in [1.165, 1.54) is 6.07 Å². The van der Waals surface area contributed by atoms with Crippen molar-refractivity contribution in [1.29, 1.82) is 0 Å². The number of aromatic nitrogens is 2. The fraction of sp³-hybridized carbons (Fsp3) is 0.167. The van der Waals surface area contributed by atoms with Gasteiger partial charge in [-0.15, -0.1) is 0 Å². The lowest BCUT2D eigenvalue weighted by molar-refractivity contribution is 0.0989. The Hall–Kier alpha value is -2.04. The van der Waals surface area contributed by atoms with Crippen LogP contribution in [0.3, 0.4) is 0 Å². The van der Waals surface area contributed by atoms with E-state index in [1.807, 2.05) is 0 Å². The van der Waals surface area contributed by atoms with Gasteiger partial charge in [0.05, 0.1) is 6.42 Å². The third-order valence-electron chi connectivity index (χ3n) is 2.48. The Bertz CT molecular complexity index is 563. The molecule has 0 radical (unpaired) electrons. The zero-order valence-electron chi connectivity index (χ0n) is 9.15. The molecule has 0 atom stereocenters. The predicted molar refractivity (Wildman–Crippen MR) is 57.6 cm³/mol. The van der Waals surface area contributed by atoms with Gasteiger partial charge in [0, 0.05) is 25.0 Å². The topological polar surface area (TPSA) is 34.9 Å². The van der Waals surface area contributed by atoms with Crippen molar-refractivity contribution in [3.05, 3.63) is 53.6 Å². The lowest BCUT2D eigenvalue weighted by atomic mass is 10.1. The SMILES string of the molecule is Cn1ccnc1CC(=O)c1ccc(F)c(F)c1. The number of benzene rings is 1. The number of aryl methyl sites for hydroxylation is 1. The molecule has 1 aromatic carbocycles. The number of ketones is 1. The molecule has 0 fully saturated rings. The van der Waals surface area contributed by atoms with Crippen molar-refractivity contribution in [2.75, 3.05) is 0 Å². The number of Topliss-reactive ketones (excluding diaryl/α,β-unsaturated/α-hetero) is 1. The molecule has 1 heterocycles. The summed E-state index contributed by atoms with van der Waals surface area (Å²) in [5, 5.41) is 0. The third kappa shape index (κ3) is 2.38. The van der Waals surface area contributed by atoms with Gasteiger partial charge in [0.15, 0.2) is 17.4 Å². The molecule has 0 unspecified atom stereocenters. The van der Waals surface area contributed by atoms with Gasteiger partial charge in [-0.05, 0) is 18.2 Å². The Kier molecular flexibility index (Phi) is 2.99. The molecular formula is C12H10F2N2O. The Balaban J connectivity index is 2.20. The zero-order chi connectivity index (χ0) is 12.4. The highest BCUT2D eigenvalue weighted by Gasteiger charge is 2.12. The summed E-state index contributed by atoms with van der Waals surface area (Å²) in [6.45, 7) is 0. The highest BCUT2D eigenvalue weighted by atomic mass is 19.2. The van der Waals surface area contributed by atoms with Crippen LogP contribution in [0, 0.1) is 11.6 Å². The largest absolute Gasteiger partial charge is 0.338 e. The van der Waals surface area contributed by atoms with E-state index in [0.717, 1.165) is 12.1 Å². The maximum atomic E-state index is 12.9. The van der Waals surface area contributed by atoms with Gasteiger partial charge in [0.2, 0.25) is 0 Å². The predicted octanol–water partition coefficient (Wildman–Crippen LogP) is 2.12. The molecule has 0 N–H and O–H groups in total. The summed E-state index contributed by atoms with van der Waals surface area (Å²) in [6.07, 6.45) is 3.36. The van der Waals surface area contributed by atoms with Crippen molar-refractivity contribution in [1.82, 2.24) is 9.55 Å². The minimum atomic E-state index is -1.02. The van der Waals surface area contributed by atoms with E-state index in [4.69, 9.17) is 0 Å². The first kappa shape index (κ1) is 11.4. The summed E-state index contributed by atoms with van der Waals surface area (Å²) in [5.74, 6) is -1.69. The highest BCUT2D eigenvalue weighted by Crippen LogP contribution is 2.11. The van der Waals surface area contributed by atoms with E-state index in [2.05, 4.69) is 4.98 Å². The van der Waals surface area contributed by atoms with Crippen LogP contribution in [0.1, 0.15) is 16.2 Å². The third-order valence-corrected chi connectivity index (χ3v) is 2.48. The molecule has 0 saturated heterocycles. The highest BCUT2D eigenvalue weighted by molar-refractivity contribution is 5.97. The van der Waals surface area contributed by atoms with Crippen LogP contribution < -0.4 is 0 Å². The van der Waals surface area contributed by atoms with Gasteiger partial charge >= 0.3 is 0 Å². The number of hydrogen-bond donors (Lipinski definition) is 0. The maximum Gasteiger partial charge on any atom is 0.170 e. The van der Waals surface area contributed by atoms with E-state index in [1.54, 1.807) is 24.0 Å². The van der Waals surface area contributed by atoms with Crippen LogP contribution in [0.5, 0.6) is 0 Å². The minimum absolute atomic E-state index is 0.0641. The number of carbonyl (C=O) groups excluding carboxylic acids is 1. The second kappa shape index (κ2) is 4.45. The van der Waals surface area contributed by atoms with Gasteiger partial charge < -0.3 is 4.57 Å². The lowest BCUT2D eigenvalue weighted by Crippen LogP contribution is -2.08. The first-order chi connectivity index (χ1) is 8.08. The average Bonchev–Trinajstić information content (AvgIpc) is 2.68. The van der Waals surface area contributed by atoms with Crippen molar-refractivity contribution in [2.24, 2.45) is 7.05 Å². The normalized spacial score (nSPS) is 10.5. The van der Waals surface area contributed by atoms with E-state index >= 15 is 0 Å². The number of rotatable bonds is 3. The van der Waals surface area contributed by atoms with Crippen LogP contribution in [0.25, 0.3) is 0 Å². The molecular weight excluding hydrogens is 226 g/mol. The summed E-state index contributed by atoms with van der Waals surface area (Å²) in [7, 11) is 1.76. The summed E-state index contributed by atoms with van der Waals surface area (Å²) < 4.78 is 27.4. The van der Waals surface area contributed by atoms with Crippen molar-refractivity contribution in [2.45, 2.75) is 6.42 Å². The summed E-state index contributed by atoms with van der Waals surface area (Å²) in [5.41, 5.74) is 0.145. The second-order valence-electron chi connectivity index (χ2n) is 3.68. The monoisotopic (exact) mass is 236 g/mol. The summed E-state index contributed by atoms with van der Waals surface area (Å²) >= 11 is 0. The van der Waals surface area contributed by atoms with Gasteiger partial charge in [-0.25, -0.2) is 13.8 Å². The van der Waals surface area contributed by atoms with Gasteiger partial charge in [0.1, 0.15) is 5.82 Å². The Morgan fingerprint density at radius 1 is 1.35 bits per heavy atom. The molecule has 5 heteroatoms. The number of nitrogens with zero attached hydrogens (tertiary/aromatic N) is 2.